The fourth-order valence-electron chi connectivity index (χ4n) is 1.54. The average Bonchev–Trinajstić information content (AvgIpc) is 2.46. The van der Waals surface area contributed by atoms with Crippen molar-refractivity contribution in [2.45, 2.75) is 59.5 Å². The minimum Gasteiger partial charge on any atom is -0.461 e. The minimum absolute atomic E-state index is 0.0177. The minimum atomic E-state index is -0.725. The molecule has 8 heteroatoms. The molecule has 0 atom stereocenters. The summed E-state index contributed by atoms with van der Waals surface area (Å²) in [6.45, 7) is 9.03. The first-order valence-electron chi connectivity index (χ1n) is 7.92. The highest BCUT2D eigenvalue weighted by Crippen LogP contribution is 2.17. The number of nitrogens with one attached hydrogen (secondary N) is 1. The Morgan fingerprint density at radius 3 is 2.29 bits per heavy atom. The molecule has 0 aromatic carbocycles. The monoisotopic (exact) mass is 360 g/mol. The third-order valence-corrected chi connectivity index (χ3v) is 3.41. The maximum atomic E-state index is 12.0. The van der Waals surface area contributed by atoms with Gasteiger partial charge >= 0.3 is 11.9 Å². The molecule has 0 heterocycles. The average molecular weight is 360 g/mol. The molecule has 0 aliphatic carbocycles. The SMILES string of the molecule is CCCCC(=O)N/C(C(=O)OCC)=C(\N)SCC(=O)OC(C)(C)C. The van der Waals surface area contributed by atoms with Crippen LogP contribution in [0.3, 0.4) is 0 Å². The number of hydrogen-bond donors (Lipinski definition) is 2. The second-order valence-corrected chi connectivity index (χ2v) is 7.00. The summed E-state index contributed by atoms with van der Waals surface area (Å²) in [5.41, 5.74) is 5.12. The zero-order valence-electron chi connectivity index (χ0n) is 15.1. The van der Waals surface area contributed by atoms with E-state index in [0.717, 1.165) is 18.2 Å². The van der Waals surface area contributed by atoms with E-state index in [0.29, 0.717) is 6.42 Å². The largest absolute Gasteiger partial charge is 0.461 e. The lowest BCUT2D eigenvalue weighted by Crippen LogP contribution is -2.31. The fourth-order valence-corrected chi connectivity index (χ4v) is 2.15. The molecule has 0 aliphatic heterocycles. The molecule has 0 spiro atoms. The molecule has 0 aliphatic rings. The number of nitrogens with two attached hydrogens (primary N) is 1. The summed E-state index contributed by atoms with van der Waals surface area (Å²) >= 11 is 0.921. The molecule has 24 heavy (non-hydrogen) atoms. The van der Waals surface area contributed by atoms with E-state index in [-0.39, 0.29) is 35.4 Å². The fraction of sp³-hybridized carbons (Fsp3) is 0.688. The summed E-state index contributed by atoms with van der Waals surface area (Å²) in [5, 5.41) is 2.49. The van der Waals surface area contributed by atoms with Crippen LogP contribution in [0.2, 0.25) is 0 Å². The first-order valence-corrected chi connectivity index (χ1v) is 8.90. The third kappa shape index (κ3) is 10.1. The van der Waals surface area contributed by atoms with Crippen LogP contribution in [-0.4, -0.2) is 35.8 Å². The molecule has 0 unspecified atom stereocenters. The molecule has 0 radical (unpaired) electrons. The quantitative estimate of drug-likeness (QED) is 0.478. The molecule has 1 amide bonds. The van der Waals surface area contributed by atoms with Gasteiger partial charge < -0.3 is 20.5 Å². The number of ether oxygens (including phenoxy) is 2. The number of amides is 1. The van der Waals surface area contributed by atoms with Gasteiger partial charge in [-0.25, -0.2) is 4.79 Å². The van der Waals surface area contributed by atoms with Crippen LogP contribution in [0.5, 0.6) is 0 Å². The maximum Gasteiger partial charge on any atom is 0.357 e. The van der Waals surface area contributed by atoms with Crippen LogP contribution in [0.1, 0.15) is 53.9 Å². The molecule has 0 saturated carbocycles. The lowest BCUT2D eigenvalue weighted by molar-refractivity contribution is -0.151. The first-order chi connectivity index (χ1) is 11.1. The molecule has 0 saturated heterocycles. The van der Waals surface area contributed by atoms with Crippen molar-refractivity contribution in [1.82, 2.24) is 5.32 Å². The van der Waals surface area contributed by atoms with E-state index in [1.807, 2.05) is 6.92 Å². The van der Waals surface area contributed by atoms with Gasteiger partial charge in [0.15, 0.2) is 5.70 Å². The standard InChI is InChI=1S/C16H28N2O5S/c1-6-8-9-11(19)18-13(15(21)22-7-2)14(17)24-10-12(20)23-16(3,4)5/h6-10,17H2,1-5H3,(H,18,19)/b14-13+. The smallest absolute Gasteiger partial charge is 0.357 e. The molecular formula is C16H28N2O5S. The van der Waals surface area contributed by atoms with Crippen molar-refractivity contribution < 1.29 is 23.9 Å². The van der Waals surface area contributed by atoms with Gasteiger partial charge in [0, 0.05) is 6.42 Å². The van der Waals surface area contributed by atoms with Crippen LogP contribution in [-0.2, 0) is 23.9 Å². The van der Waals surface area contributed by atoms with Crippen LogP contribution >= 0.6 is 11.8 Å². The lowest BCUT2D eigenvalue weighted by Gasteiger charge is -2.19. The second-order valence-electron chi connectivity index (χ2n) is 5.99. The summed E-state index contributed by atoms with van der Waals surface area (Å²) in [6, 6.07) is 0. The molecule has 0 aromatic rings. The Hall–Kier alpha value is -1.70. The van der Waals surface area contributed by atoms with Gasteiger partial charge in [-0.3, -0.25) is 9.59 Å². The lowest BCUT2D eigenvalue weighted by atomic mass is 10.2. The highest BCUT2D eigenvalue weighted by atomic mass is 32.2. The van der Waals surface area contributed by atoms with E-state index in [2.05, 4.69) is 5.32 Å². The topological polar surface area (TPSA) is 108 Å². The van der Waals surface area contributed by atoms with Crippen molar-refractivity contribution in [2.75, 3.05) is 12.4 Å². The van der Waals surface area contributed by atoms with Gasteiger partial charge in [0.05, 0.1) is 17.4 Å². The molecule has 7 nitrogen and oxygen atoms in total. The Kier molecular flexibility index (Phi) is 10.2. The Morgan fingerprint density at radius 1 is 1.17 bits per heavy atom. The van der Waals surface area contributed by atoms with Gasteiger partial charge in [0.2, 0.25) is 5.91 Å². The van der Waals surface area contributed by atoms with E-state index >= 15 is 0 Å². The molecule has 138 valence electrons. The molecule has 3 N–H and O–H groups in total. The molecule has 0 aromatic heterocycles. The summed E-state index contributed by atoms with van der Waals surface area (Å²) in [4.78, 5) is 35.5. The van der Waals surface area contributed by atoms with Crippen molar-refractivity contribution in [2.24, 2.45) is 5.73 Å². The van der Waals surface area contributed by atoms with Crippen molar-refractivity contribution in [3.05, 3.63) is 10.7 Å². The van der Waals surface area contributed by atoms with Gasteiger partial charge in [-0.1, -0.05) is 25.1 Å². The molecular weight excluding hydrogens is 332 g/mol. The van der Waals surface area contributed by atoms with Crippen LogP contribution in [0.4, 0.5) is 0 Å². The zero-order valence-corrected chi connectivity index (χ0v) is 15.9. The number of thioether (sulfide) groups is 1. The van der Waals surface area contributed by atoms with Gasteiger partial charge in [-0.2, -0.15) is 0 Å². The summed E-state index contributed by atoms with van der Waals surface area (Å²) in [5.74, 6) is -1.58. The summed E-state index contributed by atoms with van der Waals surface area (Å²) in [7, 11) is 0. The first kappa shape index (κ1) is 22.3. The predicted octanol–water partition coefficient (Wildman–Crippen LogP) is 2.06. The van der Waals surface area contributed by atoms with Crippen molar-refractivity contribution in [1.29, 1.82) is 0 Å². The number of carbonyl (C=O) groups excluding carboxylic acids is 3. The predicted molar refractivity (Wildman–Crippen MR) is 93.8 cm³/mol. The zero-order chi connectivity index (χ0) is 18.8. The Morgan fingerprint density at radius 2 is 1.79 bits per heavy atom. The second kappa shape index (κ2) is 11.0. The molecule has 0 fully saturated rings. The Bertz CT molecular complexity index is 483. The number of carbonyl (C=O) groups is 3. The van der Waals surface area contributed by atoms with Gasteiger partial charge in [0.1, 0.15) is 5.60 Å². The highest BCUT2D eigenvalue weighted by Gasteiger charge is 2.21. The van der Waals surface area contributed by atoms with Crippen molar-refractivity contribution >= 4 is 29.6 Å². The van der Waals surface area contributed by atoms with E-state index in [1.54, 1.807) is 27.7 Å². The Balaban J connectivity index is 4.94. The maximum absolute atomic E-state index is 12.0. The molecule has 0 rings (SSSR count). The van der Waals surface area contributed by atoms with E-state index in [4.69, 9.17) is 15.2 Å². The number of rotatable bonds is 9. The van der Waals surface area contributed by atoms with Crippen LogP contribution in [0.25, 0.3) is 0 Å². The summed E-state index contributed by atoms with van der Waals surface area (Å²) < 4.78 is 10.1. The normalized spacial score (nSPS) is 12.2. The Labute approximate surface area is 147 Å². The van der Waals surface area contributed by atoms with Crippen molar-refractivity contribution in [3.63, 3.8) is 0 Å². The number of esters is 2. The number of unbranched alkanes of at least 4 members (excludes halogenated alkanes) is 1. The van der Waals surface area contributed by atoms with Crippen molar-refractivity contribution in [3.8, 4) is 0 Å². The summed E-state index contributed by atoms with van der Waals surface area (Å²) in [6.07, 6.45) is 1.84. The van der Waals surface area contributed by atoms with E-state index in [9.17, 15) is 14.4 Å². The highest BCUT2D eigenvalue weighted by molar-refractivity contribution is 8.03. The van der Waals surface area contributed by atoms with Gasteiger partial charge in [-0.05, 0) is 34.1 Å². The third-order valence-electron chi connectivity index (χ3n) is 2.51. The molecule has 0 bridgehead atoms. The van der Waals surface area contributed by atoms with Crippen LogP contribution in [0, 0.1) is 0 Å². The van der Waals surface area contributed by atoms with Gasteiger partial charge in [0.25, 0.3) is 0 Å². The van der Waals surface area contributed by atoms with Crippen LogP contribution < -0.4 is 11.1 Å². The van der Waals surface area contributed by atoms with Crippen LogP contribution in [0.15, 0.2) is 10.7 Å². The van der Waals surface area contributed by atoms with E-state index < -0.39 is 17.5 Å². The number of hydrogen-bond acceptors (Lipinski definition) is 7. The van der Waals surface area contributed by atoms with E-state index in [1.165, 1.54) is 0 Å². The van der Waals surface area contributed by atoms with Gasteiger partial charge in [-0.15, -0.1) is 0 Å².